The quantitative estimate of drug-likeness (QED) is 0.451. The van der Waals surface area contributed by atoms with Gasteiger partial charge in [0.15, 0.2) is 0 Å². The van der Waals surface area contributed by atoms with Crippen molar-refractivity contribution in [3.05, 3.63) is 83.2 Å². The number of methoxy groups -OCH3 is 1. The van der Waals surface area contributed by atoms with E-state index in [2.05, 4.69) is 51.5 Å². The molecule has 5 rings (SSSR count). The van der Waals surface area contributed by atoms with Gasteiger partial charge in [0, 0.05) is 71.9 Å². The maximum atomic E-state index is 12.3. The number of aliphatic hydroxyl groups excluding tert-OH is 1. The number of benzene rings is 2. The number of nitrogens with zero attached hydrogens (tertiary/aromatic N) is 4. The van der Waals surface area contributed by atoms with Gasteiger partial charge in [-0.3, -0.25) is 14.6 Å². The van der Waals surface area contributed by atoms with Crippen molar-refractivity contribution >= 4 is 5.91 Å². The van der Waals surface area contributed by atoms with E-state index in [-0.39, 0.29) is 12.5 Å². The van der Waals surface area contributed by atoms with Crippen LogP contribution >= 0.6 is 0 Å². The third kappa shape index (κ3) is 13.5. The summed E-state index contributed by atoms with van der Waals surface area (Å²) in [6.45, 7) is 19.1. The van der Waals surface area contributed by atoms with Gasteiger partial charge in [0.25, 0.3) is 0 Å². The molecule has 9 heteroatoms. The second kappa shape index (κ2) is 21.7. The van der Waals surface area contributed by atoms with E-state index in [9.17, 15) is 4.79 Å². The van der Waals surface area contributed by atoms with Crippen LogP contribution in [-0.2, 0) is 40.6 Å². The molecular weight excluding hydrogens is 542 g/mol. The smallest absolute Gasteiger partial charge is 0.242 e. The van der Waals surface area contributed by atoms with Gasteiger partial charge in [0.1, 0.15) is 0 Å². The Bertz CT molecular complexity index is 1020. The second-order valence-corrected chi connectivity index (χ2v) is 10.2. The molecule has 0 atom stereocenters. The van der Waals surface area contributed by atoms with Crippen LogP contribution in [0.5, 0.6) is 0 Å². The molecule has 2 fully saturated rings. The molecule has 0 radical (unpaired) electrons. The molecule has 240 valence electrons. The van der Waals surface area contributed by atoms with E-state index in [1.54, 1.807) is 7.11 Å². The van der Waals surface area contributed by atoms with Crippen molar-refractivity contribution in [1.29, 1.82) is 0 Å². The lowest BCUT2D eigenvalue weighted by Gasteiger charge is -2.35. The summed E-state index contributed by atoms with van der Waals surface area (Å²) in [5.41, 5.74) is 4.78. The number of morpholine rings is 1. The molecule has 0 bridgehead atoms. The Labute approximate surface area is 260 Å². The zero-order valence-electron chi connectivity index (χ0n) is 27.1. The highest BCUT2D eigenvalue weighted by atomic mass is 16.5. The Kier molecular flexibility index (Phi) is 18.3. The minimum atomic E-state index is 0.123. The minimum Gasteiger partial charge on any atom is -0.392 e. The molecule has 2 aromatic rings. The minimum absolute atomic E-state index is 0.123. The lowest BCUT2D eigenvalue weighted by atomic mass is 10.1. The van der Waals surface area contributed by atoms with Crippen LogP contribution in [-0.4, -0.2) is 103 Å². The molecule has 0 unspecified atom stereocenters. The van der Waals surface area contributed by atoms with Crippen LogP contribution in [0.1, 0.15) is 49.9 Å². The van der Waals surface area contributed by atoms with Crippen LogP contribution < -0.4 is 5.32 Å². The number of hydrogen-bond acceptors (Lipinski definition) is 8. The summed E-state index contributed by atoms with van der Waals surface area (Å²) < 4.78 is 10.4. The van der Waals surface area contributed by atoms with Gasteiger partial charge in [-0.25, -0.2) is 0 Å². The SMILES string of the molecule is CC.CC.COCc1ccc(CN2CCN(C(=O)CN3C=CNC3)CC2)cc1.OCc1ccc(CN2CCOCC2)cc1. The van der Waals surface area contributed by atoms with Gasteiger partial charge in [0.05, 0.1) is 39.6 Å². The largest absolute Gasteiger partial charge is 0.392 e. The van der Waals surface area contributed by atoms with Gasteiger partial charge >= 0.3 is 0 Å². The van der Waals surface area contributed by atoms with Crippen LogP contribution in [0, 0.1) is 0 Å². The van der Waals surface area contributed by atoms with Gasteiger partial charge in [-0.15, -0.1) is 0 Å². The van der Waals surface area contributed by atoms with Crippen LogP contribution in [0.2, 0.25) is 0 Å². The lowest BCUT2D eigenvalue weighted by Crippen LogP contribution is -2.50. The number of carbonyl (C=O) groups is 1. The van der Waals surface area contributed by atoms with Crippen molar-refractivity contribution in [3.8, 4) is 0 Å². The normalized spacial score (nSPS) is 16.6. The fourth-order valence-electron chi connectivity index (χ4n) is 4.85. The standard InChI is InChI=1S/C18H26N4O2.C12H17NO2.2C2H6/c1-24-14-17-4-2-16(3-5-17)12-20-8-10-22(11-9-20)18(23)13-21-7-6-19-15-21;14-10-12-3-1-11(2-4-12)9-13-5-7-15-8-6-13;2*1-2/h2-7,19H,8-15H2,1H3;1-4,14H,5-10H2;2*1-2H3. The monoisotopic (exact) mass is 597 g/mol. The van der Waals surface area contributed by atoms with E-state index in [4.69, 9.17) is 14.6 Å². The molecule has 2 aromatic carbocycles. The lowest BCUT2D eigenvalue weighted by molar-refractivity contribution is -0.133. The van der Waals surface area contributed by atoms with E-state index < -0.39 is 0 Å². The van der Waals surface area contributed by atoms with Crippen molar-refractivity contribution in [2.75, 3.05) is 72.8 Å². The van der Waals surface area contributed by atoms with Crippen LogP contribution in [0.15, 0.2) is 60.9 Å². The Balaban J connectivity index is 0.000000292. The first-order valence-electron chi connectivity index (χ1n) is 15.8. The Morgan fingerprint density at radius 1 is 0.791 bits per heavy atom. The number of ether oxygens (including phenoxy) is 2. The van der Waals surface area contributed by atoms with Crippen molar-refractivity contribution < 1.29 is 19.4 Å². The van der Waals surface area contributed by atoms with E-state index in [1.165, 1.54) is 16.7 Å². The molecule has 3 aliphatic heterocycles. The first kappa shape index (κ1) is 36.2. The predicted molar refractivity (Wildman–Crippen MR) is 174 cm³/mol. The average molecular weight is 598 g/mol. The van der Waals surface area contributed by atoms with Crippen molar-refractivity contribution in [1.82, 2.24) is 24.9 Å². The van der Waals surface area contributed by atoms with Gasteiger partial charge in [0.2, 0.25) is 5.91 Å². The number of nitrogens with one attached hydrogen (secondary N) is 1. The van der Waals surface area contributed by atoms with Gasteiger partial charge < -0.3 is 29.7 Å². The van der Waals surface area contributed by atoms with E-state index >= 15 is 0 Å². The molecule has 43 heavy (non-hydrogen) atoms. The molecule has 3 heterocycles. The second-order valence-electron chi connectivity index (χ2n) is 10.2. The summed E-state index contributed by atoms with van der Waals surface area (Å²) in [5, 5.41) is 12.0. The summed E-state index contributed by atoms with van der Waals surface area (Å²) in [5.74, 6) is 0.215. The number of rotatable bonds is 9. The molecule has 2 saturated heterocycles. The first-order valence-corrected chi connectivity index (χ1v) is 15.8. The molecule has 0 aromatic heterocycles. The molecule has 0 spiro atoms. The zero-order chi connectivity index (χ0) is 31.3. The van der Waals surface area contributed by atoms with Crippen LogP contribution in [0.4, 0.5) is 0 Å². The topological polar surface area (TPSA) is 80.8 Å². The molecule has 0 saturated carbocycles. The molecule has 2 N–H and O–H groups in total. The third-order valence-corrected chi connectivity index (χ3v) is 7.22. The highest BCUT2D eigenvalue weighted by Crippen LogP contribution is 2.12. The summed E-state index contributed by atoms with van der Waals surface area (Å²) >= 11 is 0. The van der Waals surface area contributed by atoms with Gasteiger partial charge in [-0.2, -0.15) is 0 Å². The summed E-state index contributed by atoms with van der Waals surface area (Å²) in [4.78, 5) is 21.1. The number of hydrogen-bond donors (Lipinski definition) is 2. The molecule has 1 amide bonds. The molecule has 3 aliphatic rings. The zero-order valence-corrected chi connectivity index (χ0v) is 27.1. The van der Waals surface area contributed by atoms with Gasteiger partial charge in [-0.05, 0) is 22.3 Å². The van der Waals surface area contributed by atoms with Crippen molar-refractivity contribution in [2.45, 2.75) is 54.0 Å². The van der Waals surface area contributed by atoms with Crippen LogP contribution in [0.3, 0.4) is 0 Å². The number of amides is 1. The first-order chi connectivity index (χ1) is 21.1. The molecule has 0 aliphatic carbocycles. The van der Waals surface area contributed by atoms with E-state index in [1.807, 2.05) is 62.0 Å². The summed E-state index contributed by atoms with van der Waals surface area (Å²) in [6.07, 6.45) is 3.81. The van der Waals surface area contributed by atoms with Gasteiger partial charge in [-0.1, -0.05) is 76.2 Å². The van der Waals surface area contributed by atoms with Crippen LogP contribution in [0.25, 0.3) is 0 Å². The Hall–Kier alpha value is -2.95. The summed E-state index contributed by atoms with van der Waals surface area (Å²) in [7, 11) is 1.71. The Morgan fingerprint density at radius 3 is 1.79 bits per heavy atom. The maximum Gasteiger partial charge on any atom is 0.242 e. The predicted octanol–water partition coefficient (Wildman–Crippen LogP) is 3.87. The average Bonchev–Trinajstić information content (AvgIpc) is 3.59. The number of piperazine rings is 1. The fraction of sp³-hybridized carbons (Fsp3) is 0.559. The Morgan fingerprint density at radius 2 is 1.30 bits per heavy atom. The van der Waals surface area contributed by atoms with Crippen molar-refractivity contribution in [3.63, 3.8) is 0 Å². The molecule has 9 nitrogen and oxygen atoms in total. The number of aliphatic hydroxyl groups is 1. The maximum absolute atomic E-state index is 12.3. The fourth-order valence-corrected chi connectivity index (χ4v) is 4.85. The van der Waals surface area contributed by atoms with E-state index in [0.717, 1.165) is 77.8 Å². The molecular formula is C34H55N5O4. The highest BCUT2D eigenvalue weighted by Gasteiger charge is 2.22. The number of carbonyl (C=O) groups excluding carboxylic acids is 1. The highest BCUT2D eigenvalue weighted by molar-refractivity contribution is 5.78. The van der Waals surface area contributed by atoms with E-state index in [0.29, 0.717) is 13.2 Å². The summed E-state index contributed by atoms with van der Waals surface area (Å²) in [6, 6.07) is 16.7. The third-order valence-electron chi connectivity index (χ3n) is 7.22. The van der Waals surface area contributed by atoms with Crippen molar-refractivity contribution in [2.24, 2.45) is 0 Å².